The van der Waals surface area contributed by atoms with Crippen molar-refractivity contribution in [2.24, 2.45) is 0 Å². The number of halogens is 1. The monoisotopic (exact) mass is 399 g/mol. The van der Waals surface area contributed by atoms with E-state index in [4.69, 9.17) is 16.1 Å². The van der Waals surface area contributed by atoms with Gasteiger partial charge in [-0.05, 0) is 37.0 Å². The fourth-order valence-electron chi connectivity index (χ4n) is 5.08. The van der Waals surface area contributed by atoms with E-state index in [2.05, 4.69) is 5.16 Å². The van der Waals surface area contributed by atoms with Crippen molar-refractivity contribution in [1.82, 2.24) is 15.0 Å². The second-order valence-electron chi connectivity index (χ2n) is 8.08. The molecule has 1 aromatic heterocycles. The number of benzene rings is 1. The predicted octanol–water partition coefficient (Wildman–Crippen LogP) is 3.15. The van der Waals surface area contributed by atoms with Gasteiger partial charge in [0.25, 0.3) is 0 Å². The molecule has 2 unspecified atom stereocenters. The van der Waals surface area contributed by atoms with Crippen molar-refractivity contribution in [3.63, 3.8) is 0 Å². The van der Waals surface area contributed by atoms with Crippen LogP contribution in [0.4, 0.5) is 0 Å². The minimum Gasteiger partial charge on any atom is -0.364 e. The summed E-state index contributed by atoms with van der Waals surface area (Å²) in [5.74, 6) is 0.259. The third-order valence-corrected chi connectivity index (χ3v) is 6.96. The van der Waals surface area contributed by atoms with Gasteiger partial charge in [-0.25, -0.2) is 0 Å². The third-order valence-electron chi connectivity index (χ3n) is 6.71. The highest BCUT2D eigenvalue weighted by molar-refractivity contribution is 6.30. The van der Waals surface area contributed by atoms with Crippen LogP contribution in [-0.2, 0) is 21.5 Å². The van der Waals surface area contributed by atoms with Crippen LogP contribution in [0.2, 0.25) is 5.02 Å². The number of nitrogens with zero attached hydrogens (tertiary/aromatic N) is 3. The average Bonchev–Trinajstić information content (AvgIpc) is 3.35. The van der Waals surface area contributed by atoms with Gasteiger partial charge in [0.1, 0.15) is 12.0 Å². The number of rotatable bonds is 4. The van der Waals surface area contributed by atoms with E-state index >= 15 is 0 Å². The van der Waals surface area contributed by atoms with Crippen LogP contribution in [0.1, 0.15) is 43.4 Å². The van der Waals surface area contributed by atoms with Gasteiger partial charge in [-0.2, -0.15) is 0 Å². The van der Waals surface area contributed by atoms with Gasteiger partial charge < -0.3 is 14.3 Å². The Balaban J connectivity index is 1.38. The van der Waals surface area contributed by atoms with Crippen molar-refractivity contribution in [1.29, 1.82) is 0 Å². The molecule has 5 rings (SSSR count). The minimum atomic E-state index is -0.456. The highest BCUT2D eigenvalue weighted by atomic mass is 35.5. The molecular weight excluding hydrogens is 378 g/mol. The molecule has 0 radical (unpaired) electrons. The number of fused-ring (bicyclic) bond motifs is 1. The quantitative estimate of drug-likeness (QED) is 0.792. The van der Waals surface area contributed by atoms with Crippen LogP contribution in [0, 0.1) is 0 Å². The molecule has 1 aromatic carbocycles. The molecule has 0 bridgehead atoms. The van der Waals surface area contributed by atoms with Crippen molar-refractivity contribution in [2.45, 2.75) is 56.1 Å². The van der Waals surface area contributed by atoms with Gasteiger partial charge in [0.2, 0.25) is 11.8 Å². The van der Waals surface area contributed by atoms with Crippen LogP contribution in [0.5, 0.6) is 0 Å². The molecule has 0 N–H and O–H groups in total. The van der Waals surface area contributed by atoms with Gasteiger partial charge in [0, 0.05) is 24.1 Å². The van der Waals surface area contributed by atoms with Crippen LogP contribution >= 0.6 is 11.6 Å². The van der Waals surface area contributed by atoms with Crippen molar-refractivity contribution >= 4 is 23.4 Å². The number of carbonyl (C=O) groups excluding carboxylic acids is 2. The maximum atomic E-state index is 13.6. The molecule has 146 valence electrons. The normalized spacial score (nSPS) is 25.7. The Labute approximate surface area is 168 Å². The summed E-state index contributed by atoms with van der Waals surface area (Å²) in [5.41, 5.74) is 1.33. The first kappa shape index (κ1) is 17.7. The first-order chi connectivity index (χ1) is 13.6. The summed E-state index contributed by atoms with van der Waals surface area (Å²) < 4.78 is 4.89. The second kappa shape index (κ2) is 6.62. The predicted molar refractivity (Wildman–Crippen MR) is 103 cm³/mol. The number of amides is 2. The molecule has 2 saturated heterocycles. The molecule has 7 heteroatoms. The maximum absolute atomic E-state index is 13.6. The molecule has 1 aliphatic carbocycles. The van der Waals surface area contributed by atoms with E-state index < -0.39 is 5.41 Å². The van der Waals surface area contributed by atoms with Crippen molar-refractivity contribution in [3.8, 4) is 0 Å². The third kappa shape index (κ3) is 2.65. The molecule has 3 fully saturated rings. The topological polar surface area (TPSA) is 66.7 Å². The fraction of sp³-hybridized carbons (Fsp3) is 0.476. The lowest BCUT2D eigenvalue weighted by Crippen LogP contribution is -2.53. The lowest BCUT2D eigenvalue weighted by molar-refractivity contribution is -0.141. The standard InChI is InChI=1S/C21H22ClN3O3/c22-15-4-2-14(3-5-15)21(8-1-9-21)20(27)24-10-6-17-18(24)12-19(26)25(17)13-16-7-11-28-23-16/h2-5,7,11,17-18H,1,6,8-10,12-13H2. The fourth-order valence-corrected chi connectivity index (χ4v) is 5.21. The zero-order valence-corrected chi connectivity index (χ0v) is 16.3. The summed E-state index contributed by atoms with van der Waals surface area (Å²) in [4.78, 5) is 30.1. The lowest BCUT2D eigenvalue weighted by atomic mass is 9.63. The molecule has 2 aromatic rings. The molecule has 3 heterocycles. The molecule has 3 aliphatic rings. The first-order valence-corrected chi connectivity index (χ1v) is 10.2. The van der Waals surface area contributed by atoms with Crippen molar-refractivity contribution in [2.75, 3.05) is 6.54 Å². The Morgan fingerprint density at radius 2 is 2.00 bits per heavy atom. The number of carbonyl (C=O) groups is 2. The van der Waals surface area contributed by atoms with E-state index in [1.165, 1.54) is 6.26 Å². The minimum absolute atomic E-state index is 0.0447. The van der Waals surface area contributed by atoms with E-state index in [-0.39, 0.29) is 23.9 Å². The average molecular weight is 400 g/mol. The molecule has 2 aliphatic heterocycles. The molecule has 28 heavy (non-hydrogen) atoms. The zero-order valence-electron chi connectivity index (χ0n) is 15.5. The smallest absolute Gasteiger partial charge is 0.233 e. The Hall–Kier alpha value is -2.34. The lowest BCUT2D eigenvalue weighted by Gasteiger charge is -2.44. The summed E-state index contributed by atoms with van der Waals surface area (Å²) in [6.07, 6.45) is 5.50. The number of hydrogen-bond acceptors (Lipinski definition) is 4. The summed E-state index contributed by atoms with van der Waals surface area (Å²) in [5, 5.41) is 4.61. The number of hydrogen-bond donors (Lipinski definition) is 0. The van der Waals surface area contributed by atoms with E-state index in [1.54, 1.807) is 6.07 Å². The molecular formula is C21H22ClN3O3. The van der Waals surface area contributed by atoms with E-state index in [9.17, 15) is 9.59 Å². The Morgan fingerprint density at radius 1 is 1.21 bits per heavy atom. The largest absolute Gasteiger partial charge is 0.364 e. The SMILES string of the molecule is O=C1CC2C(CCN2C(=O)C2(c3ccc(Cl)cc3)CCC2)N1Cc1ccon1. The van der Waals surface area contributed by atoms with Crippen LogP contribution in [0.3, 0.4) is 0 Å². The van der Waals surface area contributed by atoms with Crippen molar-refractivity contribution < 1.29 is 14.1 Å². The summed E-state index contributed by atoms with van der Waals surface area (Å²) in [7, 11) is 0. The highest BCUT2D eigenvalue weighted by Gasteiger charge is 2.54. The van der Waals surface area contributed by atoms with Crippen LogP contribution in [0.25, 0.3) is 0 Å². The summed E-state index contributed by atoms with van der Waals surface area (Å²) in [6.45, 7) is 1.15. The molecule has 0 spiro atoms. The van der Waals surface area contributed by atoms with Gasteiger partial charge in [-0.3, -0.25) is 9.59 Å². The molecule has 2 amide bonds. The molecule has 6 nitrogen and oxygen atoms in total. The second-order valence-corrected chi connectivity index (χ2v) is 8.52. The zero-order chi connectivity index (χ0) is 19.3. The van der Waals surface area contributed by atoms with E-state index in [0.29, 0.717) is 24.5 Å². The number of aromatic nitrogens is 1. The number of likely N-dealkylation sites (tertiary alicyclic amines) is 2. The van der Waals surface area contributed by atoms with Crippen LogP contribution in [0.15, 0.2) is 41.1 Å². The van der Waals surface area contributed by atoms with Crippen LogP contribution < -0.4 is 0 Å². The Morgan fingerprint density at radius 3 is 2.64 bits per heavy atom. The summed E-state index contributed by atoms with van der Waals surface area (Å²) >= 11 is 6.04. The Bertz CT molecular complexity index is 892. The summed E-state index contributed by atoms with van der Waals surface area (Å²) in [6, 6.07) is 9.47. The Kier molecular flexibility index (Phi) is 4.19. The van der Waals surface area contributed by atoms with Gasteiger partial charge >= 0.3 is 0 Å². The van der Waals surface area contributed by atoms with Crippen molar-refractivity contribution in [3.05, 3.63) is 52.9 Å². The van der Waals surface area contributed by atoms with E-state index in [0.717, 1.165) is 36.9 Å². The molecule has 2 atom stereocenters. The highest BCUT2D eigenvalue weighted by Crippen LogP contribution is 2.47. The molecule has 1 saturated carbocycles. The maximum Gasteiger partial charge on any atom is 0.233 e. The van der Waals surface area contributed by atoms with Gasteiger partial charge in [0.05, 0.1) is 24.0 Å². The first-order valence-electron chi connectivity index (χ1n) is 9.84. The van der Waals surface area contributed by atoms with Gasteiger partial charge in [0.15, 0.2) is 0 Å². The van der Waals surface area contributed by atoms with E-state index in [1.807, 2.05) is 34.1 Å². The van der Waals surface area contributed by atoms with Crippen LogP contribution in [-0.4, -0.2) is 45.4 Å². The van der Waals surface area contributed by atoms with Gasteiger partial charge in [-0.1, -0.05) is 35.3 Å². The van der Waals surface area contributed by atoms with Gasteiger partial charge in [-0.15, -0.1) is 0 Å².